The second-order valence-corrected chi connectivity index (χ2v) is 5.93. The Morgan fingerprint density at radius 2 is 2.12 bits per heavy atom. The molecule has 4 heteroatoms. The smallest absolute Gasteiger partial charge is 0.180 e. The Kier molecular flexibility index (Phi) is 2.38. The number of fused-ring (bicyclic) bond motifs is 3. The van der Waals surface area contributed by atoms with Crippen LogP contribution in [0.1, 0.15) is 35.9 Å². The quantitative estimate of drug-likeness (QED) is 0.775. The molecule has 0 atom stereocenters. The fraction of sp³-hybridized carbons (Fsp3) is 0.462. The van der Waals surface area contributed by atoms with Crippen molar-refractivity contribution in [3.05, 3.63) is 22.7 Å². The van der Waals surface area contributed by atoms with Crippen LogP contribution in [0.25, 0.3) is 10.2 Å². The van der Waals surface area contributed by atoms with Crippen LogP contribution >= 0.6 is 11.3 Å². The SMILES string of the molecule is CC(C)n1c2c(c3sccc31)C(=O)CN(C)C2. The molecule has 0 unspecified atom stereocenters. The van der Waals surface area contributed by atoms with Crippen molar-refractivity contribution in [1.82, 2.24) is 9.47 Å². The number of aromatic nitrogens is 1. The first kappa shape index (κ1) is 11.0. The highest BCUT2D eigenvalue weighted by atomic mass is 32.1. The number of thiophene rings is 1. The number of hydrogen-bond acceptors (Lipinski definition) is 3. The second-order valence-electron chi connectivity index (χ2n) is 5.02. The summed E-state index contributed by atoms with van der Waals surface area (Å²) < 4.78 is 3.49. The van der Waals surface area contributed by atoms with Crippen LogP contribution in [0.4, 0.5) is 0 Å². The summed E-state index contributed by atoms with van der Waals surface area (Å²) in [6, 6.07) is 2.53. The van der Waals surface area contributed by atoms with Gasteiger partial charge in [0.25, 0.3) is 0 Å². The summed E-state index contributed by atoms with van der Waals surface area (Å²) in [5.74, 6) is 0.264. The van der Waals surface area contributed by atoms with E-state index in [9.17, 15) is 4.79 Å². The van der Waals surface area contributed by atoms with Gasteiger partial charge in [0.05, 0.1) is 22.3 Å². The van der Waals surface area contributed by atoms with Crippen molar-refractivity contribution in [3.8, 4) is 0 Å². The van der Waals surface area contributed by atoms with E-state index in [2.05, 4.69) is 34.8 Å². The van der Waals surface area contributed by atoms with Crippen molar-refractivity contribution in [2.75, 3.05) is 13.6 Å². The molecule has 3 nitrogen and oxygen atoms in total. The molecule has 0 spiro atoms. The molecule has 1 aliphatic rings. The van der Waals surface area contributed by atoms with Gasteiger partial charge in [-0.15, -0.1) is 11.3 Å². The molecule has 2 aromatic heterocycles. The van der Waals surface area contributed by atoms with Gasteiger partial charge in [-0.05, 0) is 32.3 Å². The molecular weight excluding hydrogens is 232 g/mol. The highest BCUT2D eigenvalue weighted by Crippen LogP contribution is 2.36. The minimum absolute atomic E-state index is 0.264. The zero-order chi connectivity index (χ0) is 12.2. The molecule has 3 rings (SSSR count). The Morgan fingerprint density at radius 3 is 2.82 bits per heavy atom. The molecule has 0 amide bonds. The summed E-state index contributed by atoms with van der Waals surface area (Å²) in [6.07, 6.45) is 0. The lowest BCUT2D eigenvalue weighted by Gasteiger charge is -2.24. The van der Waals surface area contributed by atoms with Gasteiger partial charge in [-0.3, -0.25) is 9.69 Å². The standard InChI is InChI=1S/C13H16N2OS/c1-8(2)15-9-4-5-17-13(9)12-10(15)6-14(3)7-11(12)16/h4-5,8H,6-7H2,1-3H3. The molecule has 1 aliphatic heterocycles. The number of rotatable bonds is 1. The number of nitrogens with zero attached hydrogens (tertiary/aromatic N) is 2. The molecule has 2 aromatic rings. The zero-order valence-electron chi connectivity index (χ0n) is 10.4. The van der Waals surface area contributed by atoms with Gasteiger partial charge in [0.2, 0.25) is 0 Å². The maximum Gasteiger partial charge on any atom is 0.180 e. The lowest BCUT2D eigenvalue weighted by molar-refractivity contribution is 0.0921. The van der Waals surface area contributed by atoms with Crippen molar-refractivity contribution < 1.29 is 4.79 Å². The van der Waals surface area contributed by atoms with E-state index in [1.165, 1.54) is 15.9 Å². The van der Waals surface area contributed by atoms with E-state index in [0.717, 1.165) is 12.1 Å². The summed E-state index contributed by atoms with van der Waals surface area (Å²) in [6.45, 7) is 5.77. The van der Waals surface area contributed by atoms with Crippen molar-refractivity contribution in [1.29, 1.82) is 0 Å². The molecule has 90 valence electrons. The molecule has 0 N–H and O–H groups in total. The average Bonchev–Trinajstić information content (AvgIpc) is 2.74. The Labute approximate surface area is 105 Å². The molecule has 0 saturated carbocycles. The van der Waals surface area contributed by atoms with Crippen LogP contribution in [-0.4, -0.2) is 28.8 Å². The van der Waals surface area contributed by atoms with Crippen LogP contribution in [0.5, 0.6) is 0 Å². The van der Waals surface area contributed by atoms with E-state index in [4.69, 9.17) is 0 Å². The molecule has 0 aromatic carbocycles. The third-order valence-electron chi connectivity index (χ3n) is 3.34. The summed E-state index contributed by atoms with van der Waals surface area (Å²) >= 11 is 1.68. The Bertz CT molecular complexity index is 594. The van der Waals surface area contributed by atoms with E-state index in [-0.39, 0.29) is 5.78 Å². The number of Topliss-reactive ketones (excluding diaryl/α,β-unsaturated/α-hetero) is 1. The van der Waals surface area contributed by atoms with Crippen molar-refractivity contribution >= 4 is 27.3 Å². The summed E-state index contributed by atoms with van der Waals surface area (Å²) in [7, 11) is 2.01. The normalized spacial score (nSPS) is 17.1. The van der Waals surface area contributed by atoms with Crippen LogP contribution < -0.4 is 0 Å². The number of hydrogen-bond donors (Lipinski definition) is 0. The summed E-state index contributed by atoms with van der Waals surface area (Å²) in [5, 5.41) is 2.08. The molecule has 0 saturated heterocycles. The third kappa shape index (κ3) is 1.47. The van der Waals surface area contributed by atoms with E-state index >= 15 is 0 Å². The zero-order valence-corrected chi connectivity index (χ0v) is 11.2. The van der Waals surface area contributed by atoms with Crippen LogP contribution in [0.15, 0.2) is 11.4 Å². The van der Waals surface area contributed by atoms with Gasteiger partial charge in [0.15, 0.2) is 5.78 Å². The molecular formula is C13H16N2OS. The van der Waals surface area contributed by atoms with Gasteiger partial charge in [-0.2, -0.15) is 0 Å². The first-order valence-electron chi connectivity index (χ1n) is 5.91. The molecule has 0 bridgehead atoms. The van der Waals surface area contributed by atoms with Crippen molar-refractivity contribution in [3.63, 3.8) is 0 Å². The molecule has 3 heterocycles. The highest BCUT2D eigenvalue weighted by Gasteiger charge is 2.29. The lowest BCUT2D eigenvalue weighted by Crippen LogP contribution is -2.32. The Hall–Kier alpha value is -1.13. The molecule has 17 heavy (non-hydrogen) atoms. The lowest BCUT2D eigenvalue weighted by atomic mass is 10.1. The van der Waals surface area contributed by atoms with Gasteiger partial charge in [0, 0.05) is 18.3 Å². The number of carbonyl (C=O) groups excluding carboxylic acids is 1. The maximum atomic E-state index is 12.2. The predicted molar refractivity (Wildman–Crippen MR) is 70.9 cm³/mol. The number of carbonyl (C=O) groups is 1. The van der Waals surface area contributed by atoms with Crippen molar-refractivity contribution in [2.24, 2.45) is 0 Å². The Morgan fingerprint density at radius 1 is 1.35 bits per heavy atom. The minimum atomic E-state index is 0.264. The first-order chi connectivity index (χ1) is 8.09. The molecule has 0 fully saturated rings. The minimum Gasteiger partial charge on any atom is -0.339 e. The van der Waals surface area contributed by atoms with Gasteiger partial charge >= 0.3 is 0 Å². The average molecular weight is 248 g/mol. The predicted octanol–water partition coefficient (Wildman–Crippen LogP) is 2.91. The number of ketones is 1. The van der Waals surface area contributed by atoms with Crippen LogP contribution in [-0.2, 0) is 6.54 Å². The summed E-state index contributed by atoms with van der Waals surface area (Å²) in [4.78, 5) is 14.3. The van der Waals surface area contributed by atoms with Crippen LogP contribution in [0.2, 0.25) is 0 Å². The van der Waals surface area contributed by atoms with Gasteiger partial charge in [-0.1, -0.05) is 0 Å². The van der Waals surface area contributed by atoms with Gasteiger partial charge in [0.1, 0.15) is 0 Å². The number of likely N-dealkylation sites (N-methyl/N-ethyl adjacent to an activating group) is 1. The summed E-state index contributed by atoms with van der Waals surface area (Å²) in [5.41, 5.74) is 3.39. The molecule has 0 radical (unpaired) electrons. The van der Waals surface area contributed by atoms with E-state index in [1.54, 1.807) is 11.3 Å². The largest absolute Gasteiger partial charge is 0.339 e. The first-order valence-corrected chi connectivity index (χ1v) is 6.79. The topological polar surface area (TPSA) is 25.2 Å². The van der Waals surface area contributed by atoms with E-state index < -0.39 is 0 Å². The third-order valence-corrected chi connectivity index (χ3v) is 4.26. The van der Waals surface area contributed by atoms with Gasteiger partial charge in [-0.25, -0.2) is 0 Å². The fourth-order valence-electron chi connectivity index (χ4n) is 2.74. The van der Waals surface area contributed by atoms with E-state index in [0.29, 0.717) is 12.6 Å². The van der Waals surface area contributed by atoms with E-state index in [1.807, 2.05) is 7.05 Å². The second kappa shape index (κ2) is 3.68. The van der Waals surface area contributed by atoms with Crippen LogP contribution in [0.3, 0.4) is 0 Å². The Balaban J connectivity index is 2.36. The fourth-order valence-corrected chi connectivity index (χ4v) is 3.71. The van der Waals surface area contributed by atoms with Crippen LogP contribution in [0, 0.1) is 0 Å². The monoisotopic (exact) mass is 248 g/mol. The molecule has 0 aliphatic carbocycles. The highest BCUT2D eigenvalue weighted by molar-refractivity contribution is 7.17. The maximum absolute atomic E-state index is 12.2. The van der Waals surface area contributed by atoms with Gasteiger partial charge < -0.3 is 4.57 Å². The van der Waals surface area contributed by atoms with Crippen molar-refractivity contribution in [2.45, 2.75) is 26.4 Å².